The third-order valence-electron chi connectivity index (χ3n) is 3.40. The summed E-state index contributed by atoms with van der Waals surface area (Å²) >= 11 is 5.14. The summed E-state index contributed by atoms with van der Waals surface area (Å²) in [5, 5.41) is 4.79. The van der Waals surface area contributed by atoms with Crippen molar-refractivity contribution in [2.75, 3.05) is 11.6 Å². The fraction of sp³-hybridized carbons (Fsp3) is 0.118. The highest BCUT2D eigenvalue weighted by atomic mass is 32.1. The van der Waals surface area contributed by atoms with Crippen molar-refractivity contribution in [1.29, 1.82) is 0 Å². The van der Waals surface area contributed by atoms with Crippen LogP contribution in [0.2, 0.25) is 0 Å². The van der Waals surface area contributed by atoms with Crippen molar-refractivity contribution < 1.29 is 4.79 Å². The largest absolute Gasteiger partial charge is 0.297 e. The Labute approximate surface area is 140 Å². The molecule has 0 saturated carbocycles. The van der Waals surface area contributed by atoms with Crippen LogP contribution in [0.25, 0.3) is 0 Å². The van der Waals surface area contributed by atoms with Gasteiger partial charge in [-0.3, -0.25) is 20.5 Å². The van der Waals surface area contributed by atoms with E-state index in [1.54, 1.807) is 24.3 Å². The Morgan fingerprint density at radius 2 is 1.74 bits per heavy atom. The molecule has 1 aliphatic rings. The SMILES string of the molecule is O=C(NC(=S)N=C1CCN(c2ccccc2)N1)c1ccccc1. The van der Waals surface area contributed by atoms with E-state index in [9.17, 15) is 4.79 Å². The summed E-state index contributed by atoms with van der Waals surface area (Å²) in [7, 11) is 0. The van der Waals surface area contributed by atoms with Crippen molar-refractivity contribution in [3.05, 3.63) is 66.2 Å². The molecule has 6 heteroatoms. The summed E-state index contributed by atoms with van der Waals surface area (Å²) < 4.78 is 0. The Bertz CT molecular complexity index is 731. The minimum atomic E-state index is -0.252. The van der Waals surface area contributed by atoms with Crippen LogP contribution < -0.4 is 15.8 Å². The van der Waals surface area contributed by atoms with Gasteiger partial charge in [0.2, 0.25) is 5.11 Å². The second kappa shape index (κ2) is 7.02. The maximum atomic E-state index is 12.0. The molecule has 0 spiro atoms. The fourth-order valence-corrected chi connectivity index (χ4v) is 2.48. The number of amidine groups is 1. The lowest BCUT2D eigenvalue weighted by atomic mass is 10.2. The highest BCUT2D eigenvalue weighted by Gasteiger charge is 2.18. The van der Waals surface area contributed by atoms with Crippen LogP contribution >= 0.6 is 12.2 Å². The van der Waals surface area contributed by atoms with Crippen molar-refractivity contribution >= 4 is 34.8 Å². The molecule has 1 amide bonds. The van der Waals surface area contributed by atoms with Crippen LogP contribution in [0, 0.1) is 0 Å². The number of rotatable bonds is 2. The lowest BCUT2D eigenvalue weighted by molar-refractivity contribution is 0.0977. The van der Waals surface area contributed by atoms with Crippen molar-refractivity contribution in [2.45, 2.75) is 6.42 Å². The van der Waals surface area contributed by atoms with Gasteiger partial charge in [0.25, 0.3) is 5.91 Å². The van der Waals surface area contributed by atoms with Crippen LogP contribution in [-0.4, -0.2) is 23.4 Å². The number of nitrogens with one attached hydrogen (secondary N) is 2. The normalized spacial score (nSPS) is 15.3. The number of anilines is 1. The topological polar surface area (TPSA) is 56.7 Å². The highest BCUT2D eigenvalue weighted by Crippen LogP contribution is 2.14. The summed E-state index contributed by atoms with van der Waals surface area (Å²) in [6.07, 6.45) is 0.746. The van der Waals surface area contributed by atoms with E-state index in [1.807, 2.05) is 41.4 Å². The Morgan fingerprint density at radius 1 is 1.09 bits per heavy atom. The molecule has 0 atom stereocenters. The maximum absolute atomic E-state index is 12.0. The number of hydrogen-bond acceptors (Lipinski definition) is 3. The quantitative estimate of drug-likeness (QED) is 0.834. The number of benzene rings is 2. The molecule has 23 heavy (non-hydrogen) atoms. The zero-order chi connectivity index (χ0) is 16.1. The molecule has 3 rings (SSSR count). The molecule has 0 aliphatic carbocycles. The van der Waals surface area contributed by atoms with Crippen LogP contribution in [0.4, 0.5) is 5.69 Å². The molecule has 1 fully saturated rings. The molecule has 1 aliphatic heterocycles. The van der Waals surface area contributed by atoms with Crippen LogP contribution in [-0.2, 0) is 0 Å². The fourth-order valence-electron chi connectivity index (χ4n) is 2.28. The van der Waals surface area contributed by atoms with Gasteiger partial charge in [-0.1, -0.05) is 36.4 Å². The van der Waals surface area contributed by atoms with Gasteiger partial charge in [0.1, 0.15) is 5.84 Å². The van der Waals surface area contributed by atoms with Crippen molar-refractivity contribution in [1.82, 2.24) is 10.7 Å². The molecule has 2 N–H and O–H groups in total. The molecule has 2 aromatic carbocycles. The predicted molar refractivity (Wildman–Crippen MR) is 95.5 cm³/mol. The first-order valence-corrected chi connectivity index (χ1v) is 7.70. The maximum Gasteiger partial charge on any atom is 0.257 e. The van der Waals surface area contributed by atoms with E-state index in [-0.39, 0.29) is 11.0 Å². The lowest BCUT2D eigenvalue weighted by Gasteiger charge is -2.17. The molecule has 116 valence electrons. The van der Waals surface area contributed by atoms with Gasteiger partial charge in [-0.15, -0.1) is 0 Å². The lowest BCUT2D eigenvalue weighted by Crippen LogP contribution is -2.35. The molecule has 2 aromatic rings. The molecule has 0 radical (unpaired) electrons. The summed E-state index contributed by atoms with van der Waals surface area (Å²) in [6, 6.07) is 18.9. The second-order valence-corrected chi connectivity index (χ2v) is 5.42. The highest BCUT2D eigenvalue weighted by molar-refractivity contribution is 7.80. The second-order valence-electron chi connectivity index (χ2n) is 5.03. The standard InChI is InChI=1S/C17H16N4OS/c22-16(13-7-3-1-4-8-13)19-17(23)18-15-11-12-21(20-15)14-9-5-2-6-10-14/h1-10H,11-12H2,(H2,18,19,20,22,23). The van der Waals surface area contributed by atoms with Crippen LogP contribution in [0.1, 0.15) is 16.8 Å². The van der Waals surface area contributed by atoms with Gasteiger partial charge in [-0.25, -0.2) is 4.99 Å². The van der Waals surface area contributed by atoms with Gasteiger partial charge in [-0.2, -0.15) is 0 Å². The summed E-state index contributed by atoms with van der Waals surface area (Å²) in [6.45, 7) is 0.804. The summed E-state index contributed by atoms with van der Waals surface area (Å²) in [5.74, 6) is 0.491. The number of aliphatic imine (C=N–C) groups is 1. The molecular formula is C17H16N4OS. The van der Waals surface area contributed by atoms with Crippen LogP contribution in [0.5, 0.6) is 0 Å². The number of amides is 1. The first-order valence-electron chi connectivity index (χ1n) is 7.29. The van der Waals surface area contributed by atoms with Gasteiger partial charge < -0.3 is 0 Å². The Hall–Kier alpha value is -2.73. The predicted octanol–water partition coefficient (Wildman–Crippen LogP) is 2.51. The van der Waals surface area contributed by atoms with Crippen LogP contribution in [0.3, 0.4) is 0 Å². The number of carbonyl (C=O) groups excluding carboxylic acids is 1. The molecular weight excluding hydrogens is 308 g/mol. The average molecular weight is 324 g/mol. The smallest absolute Gasteiger partial charge is 0.257 e. The number of nitrogens with zero attached hydrogens (tertiary/aromatic N) is 2. The Balaban J connectivity index is 1.59. The molecule has 0 aromatic heterocycles. The van der Waals surface area contributed by atoms with E-state index in [2.05, 4.69) is 15.7 Å². The minimum absolute atomic E-state index is 0.163. The number of para-hydroxylation sites is 1. The average Bonchev–Trinajstić information content (AvgIpc) is 3.04. The third-order valence-corrected chi connectivity index (χ3v) is 3.59. The van der Waals surface area contributed by atoms with Crippen LogP contribution in [0.15, 0.2) is 65.7 Å². The van der Waals surface area contributed by atoms with Gasteiger partial charge in [0.05, 0.1) is 5.69 Å². The van der Waals surface area contributed by atoms with E-state index < -0.39 is 0 Å². The first kappa shape index (κ1) is 15.2. The zero-order valence-electron chi connectivity index (χ0n) is 12.4. The van der Waals surface area contributed by atoms with Gasteiger partial charge in [-0.05, 0) is 36.5 Å². The Morgan fingerprint density at radius 3 is 2.43 bits per heavy atom. The van der Waals surface area contributed by atoms with Crippen molar-refractivity contribution in [3.63, 3.8) is 0 Å². The number of hydrazine groups is 1. The van der Waals surface area contributed by atoms with E-state index in [4.69, 9.17) is 12.2 Å². The number of carbonyl (C=O) groups is 1. The third kappa shape index (κ3) is 3.92. The van der Waals surface area contributed by atoms with Gasteiger partial charge >= 0.3 is 0 Å². The Kier molecular flexibility index (Phi) is 4.63. The molecule has 1 saturated heterocycles. The monoisotopic (exact) mass is 324 g/mol. The van der Waals surface area contributed by atoms with Crippen molar-refractivity contribution in [2.24, 2.45) is 4.99 Å². The summed E-state index contributed by atoms with van der Waals surface area (Å²) in [5.41, 5.74) is 4.82. The molecule has 5 nitrogen and oxygen atoms in total. The van der Waals surface area contributed by atoms with Gasteiger partial charge in [0.15, 0.2) is 0 Å². The van der Waals surface area contributed by atoms with E-state index in [1.165, 1.54) is 0 Å². The minimum Gasteiger partial charge on any atom is -0.297 e. The van der Waals surface area contributed by atoms with Crippen molar-refractivity contribution in [3.8, 4) is 0 Å². The zero-order valence-corrected chi connectivity index (χ0v) is 13.2. The number of hydrogen-bond donors (Lipinski definition) is 2. The number of thiocarbonyl (C=S) groups is 1. The van der Waals surface area contributed by atoms with E-state index in [0.29, 0.717) is 5.56 Å². The van der Waals surface area contributed by atoms with Gasteiger partial charge in [0, 0.05) is 18.5 Å². The van der Waals surface area contributed by atoms with E-state index in [0.717, 1.165) is 24.5 Å². The first-order chi connectivity index (χ1) is 11.2. The van der Waals surface area contributed by atoms with E-state index >= 15 is 0 Å². The molecule has 0 unspecified atom stereocenters. The molecule has 0 bridgehead atoms. The summed E-state index contributed by atoms with van der Waals surface area (Å²) in [4.78, 5) is 16.3. The molecule has 1 heterocycles.